The van der Waals surface area contributed by atoms with Crippen molar-refractivity contribution in [2.45, 2.75) is 18.6 Å². The number of fused-ring (bicyclic) bond motifs is 1. The fraction of sp³-hybridized carbons (Fsp3) is 0.217. The molecule has 2 aromatic carbocycles. The van der Waals surface area contributed by atoms with Crippen LogP contribution < -0.4 is 20.5 Å². The summed E-state index contributed by atoms with van der Waals surface area (Å²) in [7, 11) is 3.11. The molecule has 0 aliphatic heterocycles. The van der Waals surface area contributed by atoms with Crippen LogP contribution in [-0.2, 0) is 11.3 Å². The maximum Gasteiger partial charge on any atom is 0.262 e. The number of nitrogens with zero attached hydrogens (tertiary/aromatic N) is 3. The number of thioether (sulfide) groups is 1. The molecule has 166 valence electrons. The SMILES string of the molecule is C=C(C)Cn1c(SCC(=O)NN=Cc2ccc(OC)c(OC)c2)nc2ccccc2c1=O. The van der Waals surface area contributed by atoms with Gasteiger partial charge in [0.05, 0.1) is 37.1 Å². The van der Waals surface area contributed by atoms with Crippen molar-refractivity contribution in [1.29, 1.82) is 0 Å². The summed E-state index contributed by atoms with van der Waals surface area (Å²) in [6.45, 7) is 6.06. The fourth-order valence-electron chi connectivity index (χ4n) is 2.94. The molecule has 1 N–H and O–H groups in total. The number of hydrogen-bond donors (Lipinski definition) is 1. The quantitative estimate of drug-likeness (QED) is 0.176. The molecule has 3 rings (SSSR count). The second kappa shape index (κ2) is 10.6. The summed E-state index contributed by atoms with van der Waals surface area (Å²) >= 11 is 1.17. The molecule has 0 aliphatic rings. The number of nitrogens with one attached hydrogen (secondary N) is 1. The van der Waals surface area contributed by atoms with Gasteiger partial charge in [-0.1, -0.05) is 36.0 Å². The summed E-state index contributed by atoms with van der Waals surface area (Å²) < 4.78 is 12.0. The summed E-state index contributed by atoms with van der Waals surface area (Å²) in [5, 5.41) is 4.97. The Bertz CT molecular complexity index is 1240. The average Bonchev–Trinajstić information content (AvgIpc) is 2.79. The Balaban J connectivity index is 1.70. The molecule has 9 heteroatoms. The first-order valence-corrected chi connectivity index (χ1v) is 10.7. The molecule has 0 atom stereocenters. The Hall–Kier alpha value is -3.59. The molecule has 0 radical (unpaired) electrons. The van der Waals surface area contributed by atoms with Crippen LogP contribution in [0.25, 0.3) is 10.9 Å². The lowest BCUT2D eigenvalue weighted by atomic mass is 10.2. The largest absolute Gasteiger partial charge is 0.493 e. The molecule has 3 aromatic rings. The summed E-state index contributed by atoms with van der Waals surface area (Å²) in [6.07, 6.45) is 1.51. The third-order valence-corrected chi connectivity index (χ3v) is 5.37. The number of aromatic nitrogens is 2. The van der Waals surface area contributed by atoms with Crippen molar-refractivity contribution in [2.24, 2.45) is 5.10 Å². The molecule has 0 saturated heterocycles. The number of hydrazone groups is 1. The lowest BCUT2D eigenvalue weighted by Gasteiger charge is -2.12. The molecule has 8 nitrogen and oxygen atoms in total. The monoisotopic (exact) mass is 452 g/mol. The van der Waals surface area contributed by atoms with Crippen LogP contribution in [-0.4, -0.2) is 41.6 Å². The second-order valence-corrected chi connectivity index (χ2v) is 7.90. The molecule has 1 amide bonds. The number of benzene rings is 2. The van der Waals surface area contributed by atoms with Gasteiger partial charge in [0, 0.05) is 6.54 Å². The van der Waals surface area contributed by atoms with Gasteiger partial charge in [0.25, 0.3) is 11.5 Å². The van der Waals surface area contributed by atoms with Crippen molar-refractivity contribution in [3.8, 4) is 11.5 Å². The first-order valence-electron chi connectivity index (χ1n) is 9.73. The highest BCUT2D eigenvalue weighted by atomic mass is 32.2. The van der Waals surface area contributed by atoms with E-state index >= 15 is 0 Å². The Morgan fingerprint density at radius 3 is 2.69 bits per heavy atom. The van der Waals surface area contributed by atoms with E-state index in [1.54, 1.807) is 50.6 Å². The molecule has 1 heterocycles. The smallest absolute Gasteiger partial charge is 0.262 e. The average molecular weight is 453 g/mol. The van der Waals surface area contributed by atoms with E-state index in [-0.39, 0.29) is 17.2 Å². The molecule has 1 aromatic heterocycles. The summed E-state index contributed by atoms with van der Waals surface area (Å²) in [6, 6.07) is 12.4. The maximum absolute atomic E-state index is 12.9. The zero-order chi connectivity index (χ0) is 23.1. The number of carbonyl (C=O) groups is 1. The van der Waals surface area contributed by atoms with Gasteiger partial charge >= 0.3 is 0 Å². The first kappa shape index (κ1) is 23.1. The third kappa shape index (κ3) is 5.55. The number of rotatable bonds is 9. The molecule has 0 aliphatic carbocycles. The highest BCUT2D eigenvalue weighted by Crippen LogP contribution is 2.26. The standard InChI is InChI=1S/C23H24N4O4S/c1-15(2)13-27-22(29)17-7-5-6-8-18(17)25-23(27)32-14-21(28)26-24-12-16-9-10-19(30-3)20(11-16)31-4/h5-12H,1,13-14H2,2-4H3,(H,26,28). The highest BCUT2D eigenvalue weighted by Gasteiger charge is 2.13. The van der Waals surface area contributed by atoms with Crippen LogP contribution in [0.5, 0.6) is 11.5 Å². The molecule has 0 fully saturated rings. The van der Waals surface area contributed by atoms with Crippen molar-refractivity contribution in [3.05, 3.63) is 70.5 Å². The van der Waals surface area contributed by atoms with Crippen LogP contribution in [0.2, 0.25) is 0 Å². The molecular formula is C23H24N4O4S. The van der Waals surface area contributed by atoms with Gasteiger partial charge in [-0.3, -0.25) is 14.2 Å². The molecule has 0 spiro atoms. The van der Waals surface area contributed by atoms with Gasteiger partial charge in [-0.05, 0) is 42.8 Å². The predicted octanol–water partition coefficient (Wildman–Crippen LogP) is 3.23. The van der Waals surface area contributed by atoms with E-state index in [2.05, 4.69) is 22.1 Å². The molecule has 0 unspecified atom stereocenters. The molecule has 32 heavy (non-hydrogen) atoms. The Labute approximate surface area is 190 Å². The summed E-state index contributed by atoms with van der Waals surface area (Å²) in [4.78, 5) is 29.7. The minimum atomic E-state index is -0.323. The van der Waals surface area contributed by atoms with E-state index in [1.807, 2.05) is 13.0 Å². The van der Waals surface area contributed by atoms with Crippen LogP contribution >= 0.6 is 11.8 Å². The van der Waals surface area contributed by atoms with Crippen molar-refractivity contribution in [2.75, 3.05) is 20.0 Å². The number of amides is 1. The van der Waals surface area contributed by atoms with Crippen molar-refractivity contribution in [3.63, 3.8) is 0 Å². The van der Waals surface area contributed by atoms with Crippen molar-refractivity contribution >= 4 is 34.8 Å². The minimum Gasteiger partial charge on any atom is -0.493 e. The van der Waals surface area contributed by atoms with E-state index < -0.39 is 0 Å². The van der Waals surface area contributed by atoms with Crippen molar-refractivity contribution in [1.82, 2.24) is 15.0 Å². The van der Waals surface area contributed by atoms with Gasteiger partial charge in [-0.2, -0.15) is 5.10 Å². The van der Waals surface area contributed by atoms with Crippen LogP contribution in [0.3, 0.4) is 0 Å². The van der Waals surface area contributed by atoms with E-state index in [0.717, 1.165) is 11.1 Å². The Morgan fingerprint density at radius 1 is 1.22 bits per heavy atom. The molecule has 0 saturated carbocycles. The summed E-state index contributed by atoms with van der Waals surface area (Å²) in [5.74, 6) is 0.894. The lowest BCUT2D eigenvalue weighted by molar-refractivity contribution is -0.118. The lowest BCUT2D eigenvalue weighted by Crippen LogP contribution is -2.25. The Kier molecular flexibility index (Phi) is 7.67. The second-order valence-electron chi connectivity index (χ2n) is 6.96. The van der Waals surface area contributed by atoms with Gasteiger partial charge in [0.2, 0.25) is 0 Å². The predicted molar refractivity (Wildman–Crippen MR) is 127 cm³/mol. The van der Waals surface area contributed by atoms with Gasteiger partial charge in [0.15, 0.2) is 16.7 Å². The molecule has 0 bridgehead atoms. The van der Waals surface area contributed by atoms with Crippen LogP contribution in [0, 0.1) is 0 Å². The number of carbonyl (C=O) groups excluding carboxylic acids is 1. The summed E-state index contributed by atoms with van der Waals surface area (Å²) in [5.41, 5.74) is 4.47. The number of ether oxygens (including phenoxy) is 2. The maximum atomic E-state index is 12.9. The van der Waals surface area contributed by atoms with Crippen LogP contribution in [0.1, 0.15) is 12.5 Å². The number of para-hydroxylation sites is 1. The van der Waals surface area contributed by atoms with Crippen LogP contribution in [0.15, 0.2) is 69.7 Å². The first-order chi connectivity index (χ1) is 15.4. The fourth-order valence-corrected chi connectivity index (χ4v) is 3.73. The zero-order valence-electron chi connectivity index (χ0n) is 18.1. The highest BCUT2D eigenvalue weighted by molar-refractivity contribution is 7.99. The van der Waals surface area contributed by atoms with Crippen molar-refractivity contribution < 1.29 is 14.3 Å². The van der Waals surface area contributed by atoms with E-state index in [1.165, 1.54) is 22.5 Å². The van der Waals surface area contributed by atoms with Crippen LogP contribution in [0.4, 0.5) is 0 Å². The van der Waals surface area contributed by atoms with Gasteiger partial charge < -0.3 is 9.47 Å². The zero-order valence-corrected chi connectivity index (χ0v) is 18.9. The van der Waals surface area contributed by atoms with Gasteiger partial charge in [-0.15, -0.1) is 0 Å². The third-order valence-electron chi connectivity index (χ3n) is 4.40. The van der Waals surface area contributed by atoms with Gasteiger partial charge in [-0.25, -0.2) is 10.4 Å². The van der Waals surface area contributed by atoms with E-state index in [9.17, 15) is 9.59 Å². The Morgan fingerprint density at radius 2 is 1.97 bits per heavy atom. The van der Waals surface area contributed by atoms with E-state index in [4.69, 9.17) is 9.47 Å². The molecular weight excluding hydrogens is 428 g/mol. The number of allylic oxidation sites excluding steroid dienone is 1. The topological polar surface area (TPSA) is 94.8 Å². The normalized spacial score (nSPS) is 11.0. The minimum absolute atomic E-state index is 0.0459. The van der Waals surface area contributed by atoms with E-state index in [0.29, 0.717) is 34.1 Å². The number of methoxy groups -OCH3 is 2. The van der Waals surface area contributed by atoms with Gasteiger partial charge in [0.1, 0.15) is 0 Å². The number of hydrogen-bond acceptors (Lipinski definition) is 7.